The maximum atomic E-state index is 6.10. The quantitative estimate of drug-likeness (QED) is 0.645. The maximum Gasteiger partial charge on any atom is 0.230 e. The van der Waals surface area contributed by atoms with Crippen LogP contribution in [-0.2, 0) is 0 Å². The molecule has 0 aliphatic rings. The fourth-order valence-electron chi connectivity index (χ4n) is 2.09. The van der Waals surface area contributed by atoms with Crippen molar-refractivity contribution in [1.29, 1.82) is 0 Å². The van der Waals surface area contributed by atoms with Crippen molar-refractivity contribution in [3.05, 3.63) is 70.9 Å². The highest BCUT2D eigenvalue weighted by atomic mass is 35.5. The molecule has 3 aromatic rings. The van der Waals surface area contributed by atoms with E-state index in [0.717, 1.165) is 11.4 Å². The Balaban J connectivity index is 1.81. The number of benzene rings is 2. The summed E-state index contributed by atoms with van der Waals surface area (Å²) in [6.07, 6.45) is 0. The summed E-state index contributed by atoms with van der Waals surface area (Å²) in [5.74, 6) is 1.10. The summed E-state index contributed by atoms with van der Waals surface area (Å²) in [7, 11) is 0. The van der Waals surface area contributed by atoms with Gasteiger partial charge in [0, 0.05) is 17.4 Å². The Labute approximate surface area is 140 Å². The van der Waals surface area contributed by atoms with E-state index in [1.165, 1.54) is 11.1 Å². The number of rotatable bonds is 4. The van der Waals surface area contributed by atoms with Gasteiger partial charge in [0.2, 0.25) is 5.95 Å². The van der Waals surface area contributed by atoms with Gasteiger partial charge in [-0.1, -0.05) is 47.0 Å². The normalized spacial score (nSPS) is 10.4. The minimum absolute atomic E-state index is 0.379. The minimum atomic E-state index is 0.379. The number of aryl methyl sites for hydroxylation is 2. The van der Waals surface area contributed by atoms with E-state index in [0.29, 0.717) is 16.9 Å². The zero-order valence-electron chi connectivity index (χ0n) is 13.0. The van der Waals surface area contributed by atoms with Gasteiger partial charge in [0.1, 0.15) is 11.0 Å². The predicted molar refractivity (Wildman–Crippen MR) is 96.0 cm³/mol. The molecule has 0 spiro atoms. The Kier molecular flexibility index (Phi) is 4.44. The molecular formula is C18H17ClN4. The first-order valence-corrected chi connectivity index (χ1v) is 7.68. The first-order valence-electron chi connectivity index (χ1n) is 7.30. The van der Waals surface area contributed by atoms with Crippen LogP contribution in [0.3, 0.4) is 0 Å². The number of aromatic nitrogens is 2. The zero-order chi connectivity index (χ0) is 16.2. The molecule has 3 rings (SSSR count). The van der Waals surface area contributed by atoms with Crippen molar-refractivity contribution in [2.24, 2.45) is 0 Å². The highest BCUT2D eigenvalue weighted by Crippen LogP contribution is 2.21. The summed E-state index contributed by atoms with van der Waals surface area (Å²) in [5, 5.41) is 6.77. The Morgan fingerprint density at radius 2 is 1.26 bits per heavy atom. The number of halogens is 1. The van der Waals surface area contributed by atoms with Crippen LogP contribution in [-0.4, -0.2) is 9.97 Å². The summed E-state index contributed by atoms with van der Waals surface area (Å²) in [6, 6.07) is 17.8. The van der Waals surface area contributed by atoms with Gasteiger partial charge in [-0.05, 0) is 38.1 Å². The molecule has 0 saturated carbocycles. The Hall–Kier alpha value is -2.59. The number of nitrogens with one attached hydrogen (secondary N) is 2. The molecule has 0 saturated heterocycles. The van der Waals surface area contributed by atoms with Gasteiger partial charge in [0.25, 0.3) is 0 Å². The van der Waals surface area contributed by atoms with E-state index in [-0.39, 0.29) is 0 Å². The summed E-state index contributed by atoms with van der Waals surface area (Å²) >= 11 is 6.10. The van der Waals surface area contributed by atoms with Crippen LogP contribution in [0.5, 0.6) is 0 Å². The average Bonchev–Trinajstić information content (AvgIpc) is 2.51. The fraction of sp³-hybridized carbons (Fsp3) is 0.111. The predicted octanol–water partition coefficient (Wildman–Crippen LogP) is 5.23. The van der Waals surface area contributed by atoms with Crippen LogP contribution in [0.1, 0.15) is 11.1 Å². The van der Waals surface area contributed by atoms with Crippen LogP contribution in [0.2, 0.25) is 5.15 Å². The lowest BCUT2D eigenvalue weighted by atomic mass is 10.2. The molecule has 1 aromatic heterocycles. The van der Waals surface area contributed by atoms with E-state index < -0.39 is 0 Å². The number of nitrogens with zero attached hydrogens (tertiary/aromatic N) is 2. The number of hydrogen-bond acceptors (Lipinski definition) is 4. The van der Waals surface area contributed by atoms with Crippen molar-refractivity contribution in [3.8, 4) is 0 Å². The topological polar surface area (TPSA) is 49.8 Å². The Morgan fingerprint density at radius 3 is 1.83 bits per heavy atom. The molecule has 1 heterocycles. The van der Waals surface area contributed by atoms with E-state index in [4.69, 9.17) is 11.6 Å². The van der Waals surface area contributed by atoms with Crippen molar-refractivity contribution >= 4 is 34.7 Å². The van der Waals surface area contributed by atoms with Crippen molar-refractivity contribution in [3.63, 3.8) is 0 Å². The molecule has 0 aliphatic carbocycles. The molecule has 0 amide bonds. The molecule has 23 heavy (non-hydrogen) atoms. The lowest BCUT2D eigenvalue weighted by Crippen LogP contribution is -2.01. The van der Waals surface area contributed by atoms with Gasteiger partial charge in [-0.2, -0.15) is 4.98 Å². The molecule has 0 bridgehead atoms. The number of hydrogen-bond donors (Lipinski definition) is 2. The summed E-state index contributed by atoms with van der Waals surface area (Å²) in [6.45, 7) is 4.10. The molecular weight excluding hydrogens is 308 g/mol. The van der Waals surface area contributed by atoms with Crippen molar-refractivity contribution in [1.82, 2.24) is 9.97 Å². The van der Waals surface area contributed by atoms with Crippen LogP contribution in [0, 0.1) is 13.8 Å². The lowest BCUT2D eigenvalue weighted by molar-refractivity contribution is 1.16. The minimum Gasteiger partial charge on any atom is -0.340 e. The largest absolute Gasteiger partial charge is 0.340 e. The zero-order valence-corrected chi connectivity index (χ0v) is 13.7. The van der Waals surface area contributed by atoms with Crippen LogP contribution in [0.15, 0.2) is 54.6 Å². The average molecular weight is 325 g/mol. The second-order valence-corrected chi connectivity index (χ2v) is 5.77. The van der Waals surface area contributed by atoms with Crippen LogP contribution in [0.25, 0.3) is 0 Å². The first-order chi connectivity index (χ1) is 11.1. The van der Waals surface area contributed by atoms with Crippen LogP contribution in [0.4, 0.5) is 23.1 Å². The van der Waals surface area contributed by atoms with E-state index in [1.54, 1.807) is 6.07 Å². The smallest absolute Gasteiger partial charge is 0.230 e. The van der Waals surface area contributed by atoms with E-state index >= 15 is 0 Å². The summed E-state index contributed by atoms with van der Waals surface area (Å²) < 4.78 is 0. The molecule has 0 unspecified atom stereocenters. The van der Waals surface area contributed by atoms with Gasteiger partial charge in [0.05, 0.1) is 0 Å². The standard InChI is InChI=1S/C18H17ClN4/c1-12-3-7-14(8-4-12)20-17-11-16(19)22-18(23-17)21-15-9-5-13(2)6-10-15/h3-11H,1-2H3,(H2,20,21,22,23). The summed E-state index contributed by atoms with van der Waals surface area (Å²) in [5.41, 5.74) is 4.27. The number of anilines is 4. The Morgan fingerprint density at radius 1 is 0.739 bits per heavy atom. The molecule has 0 radical (unpaired) electrons. The van der Waals surface area contributed by atoms with Gasteiger partial charge in [0.15, 0.2) is 0 Å². The molecule has 0 fully saturated rings. The molecule has 116 valence electrons. The van der Waals surface area contributed by atoms with Gasteiger partial charge in [-0.25, -0.2) is 4.98 Å². The lowest BCUT2D eigenvalue weighted by Gasteiger charge is -2.10. The summed E-state index contributed by atoms with van der Waals surface area (Å²) in [4.78, 5) is 8.66. The highest BCUT2D eigenvalue weighted by Gasteiger charge is 2.04. The highest BCUT2D eigenvalue weighted by molar-refractivity contribution is 6.29. The molecule has 2 aromatic carbocycles. The second kappa shape index (κ2) is 6.67. The molecule has 4 nitrogen and oxygen atoms in total. The van der Waals surface area contributed by atoms with E-state index in [9.17, 15) is 0 Å². The van der Waals surface area contributed by atoms with Crippen molar-refractivity contribution in [2.45, 2.75) is 13.8 Å². The van der Waals surface area contributed by atoms with Gasteiger partial charge < -0.3 is 10.6 Å². The fourth-order valence-corrected chi connectivity index (χ4v) is 2.27. The monoisotopic (exact) mass is 324 g/mol. The SMILES string of the molecule is Cc1ccc(Nc2cc(Cl)nc(Nc3ccc(C)cc3)n2)cc1. The maximum absolute atomic E-state index is 6.10. The van der Waals surface area contributed by atoms with Gasteiger partial charge in [-0.3, -0.25) is 0 Å². The third-order valence-corrected chi connectivity index (χ3v) is 3.52. The third-order valence-electron chi connectivity index (χ3n) is 3.33. The van der Waals surface area contributed by atoms with E-state index in [1.807, 2.05) is 55.5 Å². The second-order valence-electron chi connectivity index (χ2n) is 5.38. The third kappa shape index (κ3) is 4.20. The van der Waals surface area contributed by atoms with Crippen LogP contribution < -0.4 is 10.6 Å². The van der Waals surface area contributed by atoms with Crippen molar-refractivity contribution in [2.75, 3.05) is 10.6 Å². The molecule has 0 aliphatic heterocycles. The van der Waals surface area contributed by atoms with Crippen LogP contribution >= 0.6 is 11.6 Å². The van der Waals surface area contributed by atoms with E-state index in [2.05, 4.69) is 27.5 Å². The van der Waals surface area contributed by atoms with Gasteiger partial charge >= 0.3 is 0 Å². The first kappa shape index (κ1) is 15.3. The Bertz CT molecular complexity index is 733. The molecule has 0 atom stereocenters. The van der Waals surface area contributed by atoms with Gasteiger partial charge in [-0.15, -0.1) is 0 Å². The molecule has 2 N–H and O–H groups in total. The van der Waals surface area contributed by atoms with Crippen molar-refractivity contribution < 1.29 is 0 Å². The molecule has 5 heteroatoms.